The predicted molar refractivity (Wildman–Crippen MR) is 167 cm³/mol. The Hall–Kier alpha value is -3.51. The molecule has 2 atom stereocenters. The lowest BCUT2D eigenvalue weighted by Gasteiger charge is -2.20. The number of aryl methyl sites for hydroxylation is 2. The minimum absolute atomic E-state index is 0.0750. The molecule has 1 N–H and O–H groups in total. The molecule has 0 radical (unpaired) electrons. The van der Waals surface area contributed by atoms with Gasteiger partial charge in [-0.05, 0) is 118 Å². The van der Waals surface area contributed by atoms with Crippen LogP contribution < -0.4 is 0 Å². The van der Waals surface area contributed by atoms with Crippen molar-refractivity contribution < 1.29 is 9.53 Å². The third-order valence-electron chi connectivity index (χ3n) is 7.85. The molecule has 2 rings (SSSR count). The largest absolute Gasteiger partial charge is 0.379 e. The summed E-state index contributed by atoms with van der Waals surface area (Å²) in [5.41, 5.74) is 12.8. The highest BCUT2D eigenvalue weighted by atomic mass is 16.5. The number of nitrogens with zero attached hydrogens (tertiary/aromatic N) is 1. The van der Waals surface area contributed by atoms with E-state index in [0.29, 0.717) is 30.2 Å². The summed E-state index contributed by atoms with van der Waals surface area (Å²) in [6.45, 7) is 14.7. The van der Waals surface area contributed by atoms with Gasteiger partial charge in [0.15, 0.2) is 5.78 Å². The van der Waals surface area contributed by atoms with E-state index >= 15 is 0 Å². The maximum atomic E-state index is 13.7. The van der Waals surface area contributed by atoms with Crippen molar-refractivity contribution in [1.82, 2.24) is 0 Å². The van der Waals surface area contributed by atoms with Gasteiger partial charge >= 0.3 is 0 Å². The summed E-state index contributed by atoms with van der Waals surface area (Å²) in [6, 6.07) is 14.3. The van der Waals surface area contributed by atoms with Crippen LogP contribution in [0.5, 0.6) is 0 Å². The van der Waals surface area contributed by atoms with Crippen LogP contribution >= 0.6 is 0 Å². The first-order chi connectivity index (χ1) is 19.0. The molecule has 0 aliphatic carbocycles. The number of hydrogen-bond acceptors (Lipinski definition) is 4. The average molecular weight is 539 g/mol. The quantitative estimate of drug-likeness (QED) is 0.148. The summed E-state index contributed by atoms with van der Waals surface area (Å²) in [5.74, 6) is 0.514. The van der Waals surface area contributed by atoms with Crippen molar-refractivity contribution in [2.45, 2.75) is 86.5 Å². The van der Waals surface area contributed by atoms with E-state index in [1.54, 1.807) is 14.0 Å². The maximum Gasteiger partial charge on any atom is 0.165 e. The number of methoxy groups -OCH3 is 1. The van der Waals surface area contributed by atoms with Crippen molar-refractivity contribution in [3.8, 4) is 6.07 Å². The number of ether oxygens (including phenoxy) is 1. The van der Waals surface area contributed by atoms with Crippen LogP contribution in [0.4, 0.5) is 0 Å². The van der Waals surface area contributed by atoms with Gasteiger partial charge in [-0.2, -0.15) is 5.26 Å². The Balaban J connectivity index is 2.25. The Morgan fingerprint density at radius 3 is 2.25 bits per heavy atom. The van der Waals surface area contributed by atoms with Crippen LogP contribution in [0.2, 0.25) is 0 Å². The lowest BCUT2D eigenvalue weighted by Crippen LogP contribution is -2.15. The molecule has 2 aromatic rings. The van der Waals surface area contributed by atoms with Crippen molar-refractivity contribution in [3.63, 3.8) is 0 Å². The number of allylic oxidation sites excluding steroid dienone is 2. The molecule has 2 unspecified atom stereocenters. The molecule has 4 heteroatoms. The van der Waals surface area contributed by atoms with Crippen molar-refractivity contribution in [2.24, 2.45) is 5.92 Å². The standard InChI is InChI=1S/C36H46N2O2/c1-9-11-31(32-18-15-30(22-37)16-19-32)17-14-25(3)36(39)35-21-34(26(4)20-27(35)5)28(6)24(2)12-10-13-33(23-40-8)29(7)38/h10,15-16,18-21,25,31,38H,9,11-12,14,17,23H2,1-8H3. The number of carbonyl (C=O) groups is 1. The lowest BCUT2D eigenvalue weighted by molar-refractivity contribution is 0.0920. The van der Waals surface area contributed by atoms with Gasteiger partial charge in [-0.15, -0.1) is 5.73 Å². The van der Waals surface area contributed by atoms with E-state index < -0.39 is 0 Å². The Morgan fingerprint density at radius 2 is 1.68 bits per heavy atom. The normalized spacial score (nSPS) is 13.0. The highest BCUT2D eigenvalue weighted by molar-refractivity contribution is 6.00. The topological polar surface area (TPSA) is 73.9 Å². The van der Waals surface area contributed by atoms with E-state index in [1.165, 1.54) is 16.7 Å². The summed E-state index contributed by atoms with van der Waals surface area (Å²) < 4.78 is 5.18. The Morgan fingerprint density at radius 1 is 1.02 bits per heavy atom. The van der Waals surface area contributed by atoms with Crippen LogP contribution in [0.25, 0.3) is 5.57 Å². The van der Waals surface area contributed by atoms with Gasteiger partial charge in [0.25, 0.3) is 0 Å². The second-order valence-corrected chi connectivity index (χ2v) is 11.0. The Bertz CT molecular complexity index is 1330. The summed E-state index contributed by atoms with van der Waals surface area (Å²) in [6.07, 6.45) is 6.60. The van der Waals surface area contributed by atoms with Crippen LogP contribution in [-0.2, 0) is 4.74 Å². The maximum absolute atomic E-state index is 13.7. The zero-order valence-corrected chi connectivity index (χ0v) is 25.7. The van der Waals surface area contributed by atoms with Crippen molar-refractivity contribution >= 4 is 17.1 Å². The van der Waals surface area contributed by atoms with E-state index in [0.717, 1.165) is 53.5 Å². The summed E-state index contributed by atoms with van der Waals surface area (Å²) in [5, 5.41) is 17.0. The summed E-state index contributed by atoms with van der Waals surface area (Å²) in [4.78, 5) is 13.7. The molecule has 0 spiro atoms. The SMILES string of the molecule is CCCC(CCC(C)C(=O)c1cc(C(C)=C(C)CC=C=C(COC)C(C)=N)c(C)cc1C)c1ccc(C#N)cc1. The van der Waals surface area contributed by atoms with Gasteiger partial charge in [0.1, 0.15) is 0 Å². The zero-order valence-electron chi connectivity index (χ0n) is 25.7. The van der Waals surface area contributed by atoms with Gasteiger partial charge in [-0.1, -0.05) is 44.0 Å². The molecule has 0 bridgehead atoms. The third kappa shape index (κ3) is 9.02. The number of nitrogens with one attached hydrogen (secondary N) is 1. The number of ketones is 1. The molecule has 0 amide bonds. The van der Waals surface area contributed by atoms with Gasteiger partial charge in [0.05, 0.1) is 18.2 Å². The van der Waals surface area contributed by atoms with Gasteiger partial charge in [0.2, 0.25) is 0 Å². The van der Waals surface area contributed by atoms with Crippen molar-refractivity contribution in [1.29, 1.82) is 10.7 Å². The fourth-order valence-corrected chi connectivity index (χ4v) is 5.14. The van der Waals surface area contributed by atoms with Crippen LogP contribution in [-0.4, -0.2) is 25.2 Å². The zero-order chi connectivity index (χ0) is 29.8. The molecule has 4 nitrogen and oxygen atoms in total. The first kappa shape index (κ1) is 32.7. The minimum atomic E-state index is -0.0750. The third-order valence-corrected chi connectivity index (χ3v) is 7.85. The number of nitriles is 1. The van der Waals surface area contributed by atoms with Crippen LogP contribution in [0.3, 0.4) is 0 Å². The first-order valence-corrected chi connectivity index (χ1v) is 14.3. The summed E-state index contributed by atoms with van der Waals surface area (Å²) >= 11 is 0. The number of Topliss-reactive ketones (excluding diaryl/α,β-unsaturated/α-hetero) is 1. The molecule has 0 fully saturated rings. The molecule has 40 heavy (non-hydrogen) atoms. The molecule has 0 saturated heterocycles. The van der Waals surface area contributed by atoms with Gasteiger partial charge in [-0.25, -0.2) is 0 Å². The van der Waals surface area contributed by atoms with Gasteiger partial charge in [0, 0.05) is 29.9 Å². The molecule has 0 aliphatic rings. The monoisotopic (exact) mass is 538 g/mol. The lowest BCUT2D eigenvalue weighted by atomic mass is 9.83. The smallest absolute Gasteiger partial charge is 0.165 e. The highest BCUT2D eigenvalue weighted by Gasteiger charge is 2.21. The first-order valence-electron chi connectivity index (χ1n) is 14.3. The highest BCUT2D eigenvalue weighted by Crippen LogP contribution is 2.31. The van der Waals surface area contributed by atoms with Crippen molar-refractivity contribution in [3.05, 3.63) is 92.7 Å². The van der Waals surface area contributed by atoms with E-state index in [9.17, 15) is 4.79 Å². The molecule has 0 heterocycles. The predicted octanol–water partition coefficient (Wildman–Crippen LogP) is 9.31. The van der Waals surface area contributed by atoms with Gasteiger partial charge in [-0.3, -0.25) is 4.79 Å². The van der Waals surface area contributed by atoms with Gasteiger partial charge < -0.3 is 10.1 Å². The van der Waals surface area contributed by atoms with E-state index in [-0.39, 0.29) is 11.7 Å². The number of benzene rings is 2. The fraction of sp³-hybridized carbons (Fsp3) is 0.444. The summed E-state index contributed by atoms with van der Waals surface area (Å²) in [7, 11) is 1.62. The molecule has 0 aromatic heterocycles. The second kappa shape index (κ2) is 15.9. The van der Waals surface area contributed by atoms with Crippen LogP contribution in [0.15, 0.2) is 59.4 Å². The van der Waals surface area contributed by atoms with Crippen LogP contribution in [0, 0.1) is 36.5 Å². The Labute approximate surface area is 242 Å². The fourth-order valence-electron chi connectivity index (χ4n) is 5.14. The molecular formula is C36H46N2O2. The number of hydrogen-bond donors (Lipinski definition) is 1. The number of carbonyl (C=O) groups excluding carboxylic acids is 1. The van der Waals surface area contributed by atoms with E-state index in [4.69, 9.17) is 15.4 Å². The minimum Gasteiger partial charge on any atom is -0.379 e. The molecule has 2 aromatic carbocycles. The molecular weight excluding hydrogens is 492 g/mol. The second-order valence-electron chi connectivity index (χ2n) is 11.0. The van der Waals surface area contributed by atoms with Crippen LogP contribution in [0.1, 0.15) is 111 Å². The molecule has 0 saturated carbocycles. The van der Waals surface area contributed by atoms with Crippen molar-refractivity contribution in [2.75, 3.05) is 13.7 Å². The van der Waals surface area contributed by atoms with E-state index in [2.05, 4.69) is 70.7 Å². The number of rotatable bonds is 14. The molecule has 212 valence electrons. The Kier molecular flexibility index (Phi) is 13.0. The van der Waals surface area contributed by atoms with E-state index in [1.807, 2.05) is 25.1 Å². The molecule has 0 aliphatic heterocycles. The average Bonchev–Trinajstić information content (AvgIpc) is 2.93.